The molecule has 0 aliphatic heterocycles. The number of hydrogen-bond acceptors (Lipinski definition) is 0. The topological polar surface area (TPSA) is 0 Å². The van der Waals surface area contributed by atoms with E-state index in [9.17, 15) is 13.2 Å². The van der Waals surface area contributed by atoms with E-state index in [0.29, 0.717) is 0 Å². The fourth-order valence-corrected chi connectivity index (χ4v) is 1.93. The zero-order chi connectivity index (χ0) is 10.1. The van der Waals surface area contributed by atoms with Crippen molar-refractivity contribution in [3.8, 4) is 0 Å². The van der Waals surface area contributed by atoms with Crippen LogP contribution in [0.4, 0.5) is 13.2 Å². The van der Waals surface area contributed by atoms with Gasteiger partial charge in [0.15, 0.2) is 0 Å². The van der Waals surface area contributed by atoms with Crippen molar-refractivity contribution in [2.45, 2.75) is 25.7 Å². The van der Waals surface area contributed by atoms with Gasteiger partial charge in [-0.3, -0.25) is 0 Å². The van der Waals surface area contributed by atoms with Crippen molar-refractivity contribution in [3.63, 3.8) is 0 Å². The van der Waals surface area contributed by atoms with Gasteiger partial charge < -0.3 is 0 Å². The first-order valence-corrected chi connectivity index (χ1v) is 4.68. The van der Waals surface area contributed by atoms with Crippen molar-refractivity contribution in [3.05, 3.63) is 41.1 Å². The van der Waals surface area contributed by atoms with E-state index in [4.69, 9.17) is 0 Å². The van der Waals surface area contributed by atoms with Crippen LogP contribution in [0.1, 0.15) is 31.2 Å². The smallest absolute Gasteiger partial charge is 0.132 e. The average Bonchev–Trinajstić information content (AvgIpc) is 2.54. The highest BCUT2D eigenvalue weighted by atomic mass is 19.1. The molecular formula is C11H10F3. The second-order valence-corrected chi connectivity index (χ2v) is 3.56. The first-order chi connectivity index (χ1) is 6.68. The van der Waals surface area contributed by atoms with E-state index >= 15 is 0 Å². The summed E-state index contributed by atoms with van der Waals surface area (Å²) in [6.45, 7) is 0. The van der Waals surface area contributed by atoms with Gasteiger partial charge >= 0.3 is 0 Å². The molecule has 3 heteroatoms. The molecular weight excluding hydrogens is 189 g/mol. The Morgan fingerprint density at radius 3 is 1.86 bits per heavy atom. The molecule has 0 amide bonds. The summed E-state index contributed by atoms with van der Waals surface area (Å²) in [6.07, 6.45) is 3.37. The number of hydrogen-bond donors (Lipinski definition) is 0. The molecule has 1 aliphatic rings. The van der Waals surface area contributed by atoms with Gasteiger partial charge in [0.25, 0.3) is 0 Å². The Labute approximate surface area is 80.7 Å². The molecule has 0 spiro atoms. The van der Waals surface area contributed by atoms with Gasteiger partial charge in [0, 0.05) is 23.6 Å². The largest absolute Gasteiger partial charge is 0.207 e. The van der Waals surface area contributed by atoms with E-state index in [2.05, 4.69) is 0 Å². The van der Waals surface area contributed by atoms with Crippen LogP contribution in [0.2, 0.25) is 0 Å². The van der Waals surface area contributed by atoms with Crippen LogP contribution in [0, 0.1) is 23.4 Å². The molecule has 14 heavy (non-hydrogen) atoms. The first kappa shape index (κ1) is 9.56. The highest BCUT2D eigenvalue weighted by Crippen LogP contribution is 2.35. The van der Waals surface area contributed by atoms with Gasteiger partial charge in [0.1, 0.15) is 17.5 Å². The molecule has 0 aromatic heterocycles. The quantitative estimate of drug-likeness (QED) is 0.648. The fourth-order valence-electron chi connectivity index (χ4n) is 1.93. The van der Waals surface area contributed by atoms with Crippen molar-refractivity contribution < 1.29 is 13.2 Å². The Bertz CT molecular complexity index is 317. The van der Waals surface area contributed by atoms with Crippen molar-refractivity contribution in [2.24, 2.45) is 0 Å². The lowest BCUT2D eigenvalue weighted by atomic mass is 9.96. The van der Waals surface area contributed by atoms with Gasteiger partial charge in [-0.15, -0.1) is 0 Å². The molecule has 0 atom stereocenters. The average molecular weight is 199 g/mol. The first-order valence-electron chi connectivity index (χ1n) is 4.68. The maximum Gasteiger partial charge on any atom is 0.132 e. The second-order valence-electron chi connectivity index (χ2n) is 3.56. The molecule has 1 aromatic rings. The molecule has 0 unspecified atom stereocenters. The Balaban J connectivity index is 2.40. The summed E-state index contributed by atoms with van der Waals surface area (Å²) in [7, 11) is 0. The van der Waals surface area contributed by atoms with Crippen LogP contribution in [0.3, 0.4) is 0 Å². The molecule has 2 rings (SSSR count). The molecule has 0 saturated heterocycles. The fraction of sp³-hybridized carbons (Fsp3) is 0.364. The highest BCUT2D eigenvalue weighted by molar-refractivity contribution is 5.35. The lowest BCUT2D eigenvalue weighted by molar-refractivity contribution is 0.527. The van der Waals surface area contributed by atoms with Crippen LogP contribution in [0.5, 0.6) is 0 Å². The molecule has 1 radical (unpaired) electrons. The van der Waals surface area contributed by atoms with E-state index in [1.807, 2.05) is 0 Å². The maximum atomic E-state index is 13.3. The highest BCUT2D eigenvalue weighted by Gasteiger charge is 2.24. The van der Waals surface area contributed by atoms with E-state index in [0.717, 1.165) is 43.7 Å². The SMILES string of the molecule is Fc1cc(F)c([C]2CCCC2)c(F)c1. The van der Waals surface area contributed by atoms with Crippen LogP contribution in [0.25, 0.3) is 0 Å². The van der Waals surface area contributed by atoms with Crippen molar-refractivity contribution in [2.75, 3.05) is 0 Å². The van der Waals surface area contributed by atoms with Gasteiger partial charge in [-0.1, -0.05) is 12.8 Å². The van der Waals surface area contributed by atoms with E-state index in [1.54, 1.807) is 0 Å². The van der Waals surface area contributed by atoms with Crippen LogP contribution >= 0.6 is 0 Å². The van der Waals surface area contributed by atoms with Gasteiger partial charge in [-0.2, -0.15) is 0 Å². The summed E-state index contributed by atoms with van der Waals surface area (Å²) < 4.78 is 39.1. The molecule has 1 aliphatic carbocycles. The minimum atomic E-state index is -0.859. The maximum absolute atomic E-state index is 13.3. The summed E-state index contributed by atoms with van der Waals surface area (Å²) >= 11 is 0. The Morgan fingerprint density at radius 2 is 1.36 bits per heavy atom. The lowest BCUT2D eigenvalue weighted by Gasteiger charge is -2.10. The molecule has 0 heterocycles. The van der Waals surface area contributed by atoms with Crippen molar-refractivity contribution >= 4 is 0 Å². The van der Waals surface area contributed by atoms with E-state index in [-0.39, 0.29) is 5.56 Å². The number of halogens is 3. The monoisotopic (exact) mass is 199 g/mol. The minimum absolute atomic E-state index is 0.0103. The molecule has 75 valence electrons. The Morgan fingerprint density at radius 1 is 0.857 bits per heavy atom. The summed E-state index contributed by atoms with van der Waals surface area (Å²) in [5, 5.41) is 0. The van der Waals surface area contributed by atoms with Crippen LogP contribution in [-0.2, 0) is 0 Å². The third kappa shape index (κ3) is 1.63. The van der Waals surface area contributed by atoms with Gasteiger partial charge in [-0.25, -0.2) is 13.2 Å². The predicted octanol–water partition coefficient (Wildman–Crippen LogP) is 3.60. The standard InChI is InChI=1S/C11H10F3/c12-8-5-9(13)11(10(14)6-8)7-3-1-2-4-7/h5-6H,1-4H2. The lowest BCUT2D eigenvalue weighted by Crippen LogP contribution is -2.02. The molecule has 0 N–H and O–H groups in total. The second kappa shape index (κ2) is 3.64. The molecule has 0 nitrogen and oxygen atoms in total. The van der Waals surface area contributed by atoms with E-state index < -0.39 is 17.5 Å². The zero-order valence-electron chi connectivity index (χ0n) is 7.62. The Kier molecular flexibility index (Phi) is 2.48. The molecule has 1 aromatic carbocycles. The molecule has 1 saturated carbocycles. The van der Waals surface area contributed by atoms with Gasteiger partial charge in [-0.05, 0) is 12.8 Å². The zero-order valence-corrected chi connectivity index (χ0v) is 7.62. The third-order valence-electron chi connectivity index (χ3n) is 2.57. The minimum Gasteiger partial charge on any atom is -0.207 e. The predicted molar refractivity (Wildman–Crippen MR) is 47.1 cm³/mol. The van der Waals surface area contributed by atoms with Gasteiger partial charge in [0.05, 0.1) is 0 Å². The summed E-state index contributed by atoms with van der Waals surface area (Å²) in [6, 6.07) is 1.48. The number of benzene rings is 1. The normalized spacial score (nSPS) is 17.6. The van der Waals surface area contributed by atoms with Crippen LogP contribution in [-0.4, -0.2) is 0 Å². The Hall–Kier alpha value is -0.990. The van der Waals surface area contributed by atoms with Gasteiger partial charge in [0.2, 0.25) is 0 Å². The van der Waals surface area contributed by atoms with E-state index in [1.165, 1.54) is 0 Å². The third-order valence-corrected chi connectivity index (χ3v) is 2.57. The van der Waals surface area contributed by atoms with Crippen molar-refractivity contribution in [1.29, 1.82) is 0 Å². The summed E-state index contributed by atoms with van der Waals surface area (Å²) in [4.78, 5) is 0. The summed E-state index contributed by atoms with van der Waals surface area (Å²) in [5.41, 5.74) is -0.0103. The van der Waals surface area contributed by atoms with Crippen LogP contribution < -0.4 is 0 Å². The van der Waals surface area contributed by atoms with Crippen LogP contribution in [0.15, 0.2) is 12.1 Å². The summed E-state index contributed by atoms with van der Waals surface area (Å²) in [5.74, 6) is -1.64. The molecule has 0 bridgehead atoms. The molecule has 1 fully saturated rings. The number of rotatable bonds is 1. The van der Waals surface area contributed by atoms with Crippen molar-refractivity contribution in [1.82, 2.24) is 0 Å².